The molecule has 0 saturated heterocycles. The number of thiophene rings is 1. The lowest BCUT2D eigenvalue weighted by molar-refractivity contribution is 0.285. The van der Waals surface area contributed by atoms with Gasteiger partial charge in [0.05, 0.1) is 6.61 Å². The average molecular weight is 281 g/mol. The Labute approximate surface area is 104 Å². The van der Waals surface area contributed by atoms with Crippen LogP contribution >= 0.6 is 23.1 Å². The Hall–Kier alpha value is -0.0800. The van der Waals surface area contributed by atoms with E-state index in [2.05, 4.69) is 4.72 Å². The first-order chi connectivity index (χ1) is 7.49. The van der Waals surface area contributed by atoms with E-state index in [0.717, 1.165) is 11.3 Å². The number of aliphatic hydroxyl groups is 1. The number of aliphatic hydroxyl groups excluding tert-OH is 1. The quantitative estimate of drug-likeness (QED) is 0.824. The fraction of sp³-hybridized carbons (Fsp3) is 0.556. The van der Waals surface area contributed by atoms with Gasteiger partial charge in [0.1, 0.15) is 4.21 Å². The predicted molar refractivity (Wildman–Crippen MR) is 68.4 cm³/mol. The van der Waals surface area contributed by atoms with Crippen LogP contribution in [0, 0.1) is 0 Å². The normalized spacial score (nSPS) is 13.9. The highest BCUT2D eigenvalue weighted by Gasteiger charge is 2.17. The molecule has 1 unspecified atom stereocenters. The highest BCUT2D eigenvalue weighted by atomic mass is 32.2. The molecule has 0 aliphatic heterocycles. The fourth-order valence-electron chi connectivity index (χ4n) is 0.969. The first-order valence-electron chi connectivity index (χ1n) is 4.71. The Balaban J connectivity index is 2.70. The van der Waals surface area contributed by atoms with Crippen molar-refractivity contribution in [3.63, 3.8) is 0 Å². The van der Waals surface area contributed by atoms with Gasteiger partial charge in [-0.15, -0.1) is 11.3 Å². The van der Waals surface area contributed by atoms with E-state index in [1.165, 1.54) is 6.07 Å². The van der Waals surface area contributed by atoms with Crippen molar-refractivity contribution < 1.29 is 13.5 Å². The maximum absolute atomic E-state index is 11.8. The first-order valence-corrected chi connectivity index (χ1v) is 8.30. The highest BCUT2D eigenvalue weighted by molar-refractivity contribution is 7.99. The minimum atomic E-state index is -3.41. The molecule has 4 nitrogen and oxygen atoms in total. The fourth-order valence-corrected chi connectivity index (χ4v) is 3.72. The lowest BCUT2D eigenvalue weighted by Gasteiger charge is -2.09. The van der Waals surface area contributed by atoms with Gasteiger partial charge in [-0.2, -0.15) is 11.8 Å². The topological polar surface area (TPSA) is 66.4 Å². The van der Waals surface area contributed by atoms with Gasteiger partial charge in [0, 0.05) is 16.7 Å². The van der Waals surface area contributed by atoms with Gasteiger partial charge in [-0.3, -0.25) is 0 Å². The third kappa shape index (κ3) is 3.74. The number of thioether (sulfide) groups is 1. The molecule has 0 fully saturated rings. The van der Waals surface area contributed by atoms with E-state index in [1.54, 1.807) is 17.8 Å². The van der Waals surface area contributed by atoms with Crippen molar-refractivity contribution in [2.24, 2.45) is 0 Å². The molecule has 1 aromatic rings. The van der Waals surface area contributed by atoms with Crippen LogP contribution in [0.1, 0.15) is 11.8 Å². The molecular weight excluding hydrogens is 266 g/mol. The number of hydrogen-bond donors (Lipinski definition) is 2. The van der Waals surface area contributed by atoms with Crippen LogP contribution < -0.4 is 4.72 Å². The predicted octanol–water partition coefficient (Wildman–Crippen LogP) is 1.27. The number of rotatable bonds is 6. The van der Waals surface area contributed by atoms with Crippen molar-refractivity contribution >= 4 is 33.1 Å². The molecular formula is C9H15NO3S3. The van der Waals surface area contributed by atoms with Crippen molar-refractivity contribution in [2.45, 2.75) is 23.0 Å². The van der Waals surface area contributed by atoms with Gasteiger partial charge < -0.3 is 5.11 Å². The summed E-state index contributed by atoms with van der Waals surface area (Å²) >= 11 is 2.70. The molecule has 0 saturated carbocycles. The van der Waals surface area contributed by atoms with Gasteiger partial charge in [0.15, 0.2) is 0 Å². The molecule has 0 radical (unpaired) electrons. The zero-order valence-electron chi connectivity index (χ0n) is 9.13. The molecule has 2 N–H and O–H groups in total. The second-order valence-electron chi connectivity index (χ2n) is 3.28. The third-order valence-corrected chi connectivity index (χ3v) is 5.98. The summed E-state index contributed by atoms with van der Waals surface area (Å²) in [5, 5.41) is 9.11. The monoisotopic (exact) mass is 281 g/mol. The van der Waals surface area contributed by atoms with E-state index in [4.69, 9.17) is 5.11 Å². The standard InChI is InChI=1S/C9H15NO3S3/c1-7(14-2)5-10-16(12,13)9-4-3-8(6-11)15-9/h3-4,7,10-11H,5-6H2,1-2H3. The van der Waals surface area contributed by atoms with Crippen LogP contribution in [0.3, 0.4) is 0 Å². The molecule has 0 aliphatic carbocycles. The van der Waals surface area contributed by atoms with E-state index >= 15 is 0 Å². The van der Waals surface area contributed by atoms with E-state index in [9.17, 15) is 8.42 Å². The zero-order valence-corrected chi connectivity index (χ0v) is 11.6. The van der Waals surface area contributed by atoms with Crippen molar-refractivity contribution in [3.8, 4) is 0 Å². The largest absolute Gasteiger partial charge is 0.391 e. The van der Waals surface area contributed by atoms with Crippen molar-refractivity contribution in [1.29, 1.82) is 0 Å². The summed E-state index contributed by atoms with van der Waals surface area (Å²) in [5.74, 6) is 0. The molecule has 1 rings (SSSR count). The maximum Gasteiger partial charge on any atom is 0.250 e. The molecule has 7 heteroatoms. The third-order valence-electron chi connectivity index (χ3n) is 2.02. The Morgan fingerprint density at radius 2 is 2.25 bits per heavy atom. The summed E-state index contributed by atoms with van der Waals surface area (Å²) in [6.45, 7) is 2.25. The lowest BCUT2D eigenvalue weighted by atomic mass is 10.5. The Kier molecular flexibility index (Phi) is 5.26. The Morgan fingerprint density at radius 3 is 2.75 bits per heavy atom. The van der Waals surface area contributed by atoms with Gasteiger partial charge in [-0.1, -0.05) is 6.92 Å². The molecule has 0 aromatic carbocycles. The van der Waals surface area contributed by atoms with Gasteiger partial charge in [-0.05, 0) is 18.4 Å². The molecule has 0 aliphatic rings. The molecule has 1 heterocycles. The molecule has 92 valence electrons. The Morgan fingerprint density at radius 1 is 1.56 bits per heavy atom. The van der Waals surface area contributed by atoms with Crippen LogP contribution in [0.2, 0.25) is 0 Å². The summed E-state index contributed by atoms with van der Waals surface area (Å²) in [7, 11) is -3.41. The minimum Gasteiger partial charge on any atom is -0.391 e. The van der Waals surface area contributed by atoms with E-state index in [0.29, 0.717) is 11.4 Å². The maximum atomic E-state index is 11.8. The lowest BCUT2D eigenvalue weighted by Crippen LogP contribution is -2.28. The molecule has 16 heavy (non-hydrogen) atoms. The summed E-state index contributed by atoms with van der Waals surface area (Å²) in [6, 6.07) is 3.14. The molecule has 0 spiro atoms. The minimum absolute atomic E-state index is 0.124. The van der Waals surface area contributed by atoms with Gasteiger partial charge in [0.25, 0.3) is 0 Å². The highest BCUT2D eigenvalue weighted by Crippen LogP contribution is 2.21. The van der Waals surface area contributed by atoms with Gasteiger partial charge >= 0.3 is 0 Å². The SMILES string of the molecule is CSC(C)CNS(=O)(=O)c1ccc(CO)s1. The smallest absolute Gasteiger partial charge is 0.250 e. The Bertz CT molecular complexity index is 427. The van der Waals surface area contributed by atoms with Crippen molar-refractivity contribution in [1.82, 2.24) is 4.72 Å². The summed E-state index contributed by atoms with van der Waals surface area (Å²) in [4.78, 5) is 0.651. The van der Waals surface area contributed by atoms with Gasteiger partial charge in [-0.25, -0.2) is 13.1 Å². The van der Waals surface area contributed by atoms with Crippen LogP contribution in [0.25, 0.3) is 0 Å². The second-order valence-corrected chi connectivity index (χ2v) is 7.72. The summed E-state index contributed by atoms with van der Waals surface area (Å²) in [6.07, 6.45) is 1.94. The second kappa shape index (κ2) is 6.02. The van der Waals surface area contributed by atoms with Crippen LogP contribution in [0.5, 0.6) is 0 Å². The van der Waals surface area contributed by atoms with Gasteiger partial charge in [0.2, 0.25) is 10.0 Å². The summed E-state index contributed by atoms with van der Waals surface area (Å²) in [5.41, 5.74) is 0. The number of nitrogens with one attached hydrogen (secondary N) is 1. The molecule has 0 amide bonds. The first kappa shape index (κ1) is 14.0. The van der Waals surface area contributed by atoms with Crippen LogP contribution in [-0.4, -0.2) is 31.6 Å². The summed E-state index contributed by atoms with van der Waals surface area (Å²) < 4.78 is 26.4. The average Bonchev–Trinajstić information content (AvgIpc) is 2.75. The van der Waals surface area contributed by atoms with Crippen molar-refractivity contribution in [2.75, 3.05) is 12.8 Å². The van der Waals surface area contributed by atoms with Crippen LogP contribution in [0.4, 0.5) is 0 Å². The van der Waals surface area contributed by atoms with Crippen LogP contribution in [-0.2, 0) is 16.6 Å². The number of sulfonamides is 1. The molecule has 1 atom stereocenters. The zero-order chi connectivity index (χ0) is 12.2. The van der Waals surface area contributed by atoms with Crippen LogP contribution in [0.15, 0.2) is 16.3 Å². The molecule has 0 bridgehead atoms. The van der Waals surface area contributed by atoms with E-state index in [1.807, 2.05) is 13.2 Å². The number of hydrogen-bond acceptors (Lipinski definition) is 5. The molecule has 1 aromatic heterocycles. The van der Waals surface area contributed by atoms with E-state index < -0.39 is 10.0 Å². The van der Waals surface area contributed by atoms with Crippen molar-refractivity contribution in [3.05, 3.63) is 17.0 Å². The van der Waals surface area contributed by atoms with E-state index in [-0.39, 0.29) is 16.1 Å².